The van der Waals surface area contributed by atoms with Crippen molar-refractivity contribution in [2.75, 3.05) is 14.1 Å². The molecular weight excluding hydrogens is 559 g/mol. The summed E-state index contributed by atoms with van der Waals surface area (Å²) in [6, 6.07) is 4.76. The number of phenols is 1. The van der Waals surface area contributed by atoms with E-state index in [2.05, 4.69) is 10.6 Å². The number of carbonyl (C=O) groups is 4. The molecule has 0 saturated heterocycles. The van der Waals surface area contributed by atoms with Gasteiger partial charge in [-0.15, -0.1) is 0 Å². The minimum Gasteiger partial charge on any atom is -0.508 e. The van der Waals surface area contributed by atoms with Crippen LogP contribution in [0.4, 0.5) is 13.2 Å². The summed E-state index contributed by atoms with van der Waals surface area (Å²) in [6.45, 7) is 14.8. The summed E-state index contributed by atoms with van der Waals surface area (Å²) >= 11 is 0. The second-order valence-corrected chi connectivity index (χ2v) is 11.9. The van der Waals surface area contributed by atoms with Crippen LogP contribution in [-0.2, 0) is 24.6 Å². The van der Waals surface area contributed by atoms with Crippen LogP contribution < -0.4 is 10.6 Å². The number of alkyl halides is 3. The fraction of sp³-hybridized carbons (Fsp3) is 0.586. The van der Waals surface area contributed by atoms with Crippen molar-refractivity contribution in [3.8, 4) is 5.75 Å². The lowest BCUT2D eigenvalue weighted by Gasteiger charge is -2.40. The van der Waals surface area contributed by atoms with Gasteiger partial charge in [-0.05, 0) is 43.0 Å². The van der Waals surface area contributed by atoms with Crippen LogP contribution in [0.5, 0.6) is 5.75 Å². The van der Waals surface area contributed by atoms with Crippen molar-refractivity contribution in [3.63, 3.8) is 0 Å². The normalized spacial score (nSPS) is 14.7. The highest BCUT2D eigenvalue weighted by atomic mass is 19.4. The van der Waals surface area contributed by atoms with Crippen LogP contribution in [0.15, 0.2) is 35.9 Å². The zero-order valence-electron chi connectivity index (χ0n) is 25.8. The van der Waals surface area contributed by atoms with E-state index in [1.165, 1.54) is 11.8 Å². The Bertz CT molecular complexity index is 1120. The van der Waals surface area contributed by atoms with Gasteiger partial charge >= 0.3 is 18.1 Å². The number of carboxylic acid groups (broad SMARTS) is 2. The molecule has 1 aromatic carbocycles. The minimum absolute atomic E-state index is 0.0342. The van der Waals surface area contributed by atoms with Gasteiger partial charge in [-0.1, -0.05) is 66.7 Å². The van der Waals surface area contributed by atoms with Crippen LogP contribution in [0.1, 0.15) is 61.0 Å². The zero-order valence-corrected chi connectivity index (χ0v) is 25.8. The van der Waals surface area contributed by atoms with Crippen LogP contribution >= 0.6 is 0 Å². The molecule has 0 bridgehead atoms. The van der Waals surface area contributed by atoms with Gasteiger partial charge in [0.15, 0.2) is 0 Å². The van der Waals surface area contributed by atoms with Crippen LogP contribution in [0.2, 0.25) is 0 Å². The number of nitrogens with zero attached hydrogens (tertiary/aromatic N) is 1. The third-order valence-corrected chi connectivity index (χ3v) is 6.76. The third-order valence-electron chi connectivity index (χ3n) is 6.76. The Labute approximate surface area is 245 Å². The van der Waals surface area contributed by atoms with Crippen molar-refractivity contribution < 1.29 is 47.7 Å². The molecule has 1 rings (SSSR count). The number of phenolic OH excluding ortho intramolecular Hbond substituents is 1. The maximum atomic E-state index is 13.7. The Balaban J connectivity index is 0.00000212. The molecule has 5 N–H and O–H groups in total. The first-order valence-electron chi connectivity index (χ1n) is 13.1. The number of carbonyl (C=O) groups excluding carboxylic acids is 2. The van der Waals surface area contributed by atoms with Crippen LogP contribution in [0.25, 0.3) is 0 Å². The van der Waals surface area contributed by atoms with Gasteiger partial charge in [-0.2, -0.15) is 13.2 Å². The number of nitrogens with one attached hydrogen (secondary N) is 2. The average molecular weight is 604 g/mol. The van der Waals surface area contributed by atoms with Crippen molar-refractivity contribution >= 4 is 23.8 Å². The van der Waals surface area contributed by atoms with E-state index in [1.54, 1.807) is 44.4 Å². The molecule has 3 atom stereocenters. The fourth-order valence-corrected chi connectivity index (χ4v) is 4.18. The second kappa shape index (κ2) is 15.0. The summed E-state index contributed by atoms with van der Waals surface area (Å²) in [4.78, 5) is 49.0. The molecule has 0 heterocycles. The standard InChI is InChI=1S/C27H43N3O5.C2HF3O2/c1-16(2)20(15-17(3)25(34)35)30(10)24(33)22(26(4,5)6)29-23(32)21(28-9)27(7,8)18-11-13-19(31)14-12-18;3-2(4,5)1(6)7/h11-16,20-22,28,31H,1-10H3,(H,29,32)(H,34,35);(H,6,7)/b17-15+;/t20-,21?,22-;/m1./s1. The molecule has 0 radical (unpaired) electrons. The Morgan fingerprint density at radius 3 is 1.71 bits per heavy atom. The largest absolute Gasteiger partial charge is 0.508 e. The van der Waals surface area contributed by atoms with E-state index in [0.29, 0.717) is 0 Å². The first-order valence-corrected chi connectivity index (χ1v) is 13.1. The molecular formula is C29H44F3N3O7. The number of hydrogen-bond donors (Lipinski definition) is 5. The Morgan fingerprint density at radius 2 is 1.38 bits per heavy atom. The highest BCUT2D eigenvalue weighted by molar-refractivity contribution is 5.91. The topological polar surface area (TPSA) is 156 Å². The SMILES string of the molecule is CNC(C(=O)N[C@H](C(=O)N(C)[C@H](/C=C(\C)C(=O)O)C(C)C)C(C)(C)C)C(C)(C)c1ccc(O)cc1.O=C(O)C(F)(F)F. The maximum Gasteiger partial charge on any atom is 0.490 e. The molecule has 0 aromatic heterocycles. The molecule has 0 spiro atoms. The molecule has 0 saturated carbocycles. The highest BCUT2D eigenvalue weighted by Crippen LogP contribution is 2.30. The first kappa shape index (κ1) is 38.4. The van der Waals surface area contributed by atoms with Gasteiger partial charge < -0.3 is 30.9 Å². The van der Waals surface area contributed by atoms with E-state index in [1.807, 2.05) is 48.5 Å². The van der Waals surface area contributed by atoms with Crippen molar-refractivity contribution in [1.82, 2.24) is 15.5 Å². The monoisotopic (exact) mass is 603 g/mol. The number of aromatic hydroxyl groups is 1. The molecule has 42 heavy (non-hydrogen) atoms. The first-order chi connectivity index (χ1) is 18.9. The van der Waals surface area contributed by atoms with Crippen molar-refractivity contribution in [2.24, 2.45) is 11.3 Å². The average Bonchev–Trinajstić information content (AvgIpc) is 2.84. The molecule has 0 aliphatic heterocycles. The number of rotatable bonds is 10. The van der Waals surface area contributed by atoms with E-state index in [-0.39, 0.29) is 29.1 Å². The maximum absolute atomic E-state index is 13.7. The van der Waals surface area contributed by atoms with Gasteiger partial charge in [-0.25, -0.2) is 9.59 Å². The van der Waals surface area contributed by atoms with Gasteiger partial charge in [-0.3, -0.25) is 9.59 Å². The van der Waals surface area contributed by atoms with E-state index in [4.69, 9.17) is 9.90 Å². The summed E-state index contributed by atoms with van der Waals surface area (Å²) in [5.74, 6) is -4.31. The quantitative estimate of drug-likeness (QED) is 0.252. The lowest BCUT2D eigenvalue weighted by molar-refractivity contribution is -0.192. The molecule has 1 unspecified atom stereocenters. The molecule has 238 valence electrons. The number of likely N-dealkylation sites (N-methyl/N-ethyl adjacent to an activating group) is 2. The number of hydrogen-bond acceptors (Lipinski definition) is 6. The molecule has 0 aliphatic carbocycles. The van der Waals surface area contributed by atoms with Crippen molar-refractivity contribution in [2.45, 2.75) is 85.1 Å². The second-order valence-electron chi connectivity index (χ2n) is 11.9. The summed E-state index contributed by atoms with van der Waals surface area (Å²) in [5.41, 5.74) is -0.235. The number of benzene rings is 1. The molecule has 2 amide bonds. The summed E-state index contributed by atoms with van der Waals surface area (Å²) in [7, 11) is 3.33. The molecule has 10 nitrogen and oxygen atoms in total. The third kappa shape index (κ3) is 11.0. The van der Waals surface area contributed by atoms with E-state index in [0.717, 1.165) is 5.56 Å². The predicted octanol–water partition coefficient (Wildman–Crippen LogP) is 3.94. The Morgan fingerprint density at radius 1 is 0.929 bits per heavy atom. The molecule has 13 heteroatoms. The minimum atomic E-state index is -5.08. The zero-order chi connectivity index (χ0) is 33.4. The van der Waals surface area contributed by atoms with Gasteiger partial charge in [0.05, 0.1) is 12.1 Å². The summed E-state index contributed by atoms with van der Waals surface area (Å²) in [6.07, 6.45) is -3.50. The summed E-state index contributed by atoms with van der Waals surface area (Å²) < 4.78 is 31.7. The Kier molecular flexibility index (Phi) is 13.7. The van der Waals surface area contributed by atoms with E-state index in [9.17, 15) is 37.8 Å². The lowest BCUT2D eigenvalue weighted by Crippen LogP contribution is -2.61. The molecule has 1 aromatic rings. The van der Waals surface area contributed by atoms with Crippen molar-refractivity contribution in [3.05, 3.63) is 41.5 Å². The Hall–Kier alpha value is -3.61. The van der Waals surface area contributed by atoms with Crippen LogP contribution in [0.3, 0.4) is 0 Å². The van der Waals surface area contributed by atoms with Gasteiger partial charge in [0.2, 0.25) is 11.8 Å². The van der Waals surface area contributed by atoms with E-state index >= 15 is 0 Å². The fourth-order valence-electron chi connectivity index (χ4n) is 4.18. The smallest absolute Gasteiger partial charge is 0.490 e. The molecule has 0 fully saturated rings. The lowest BCUT2D eigenvalue weighted by atomic mass is 9.76. The van der Waals surface area contributed by atoms with Crippen molar-refractivity contribution in [1.29, 1.82) is 0 Å². The number of aliphatic carboxylic acids is 2. The number of halogens is 3. The number of carboxylic acids is 2. The van der Waals surface area contributed by atoms with E-state index < -0.39 is 47.1 Å². The van der Waals surface area contributed by atoms with Gasteiger partial charge in [0, 0.05) is 18.0 Å². The molecule has 0 aliphatic rings. The van der Waals surface area contributed by atoms with Gasteiger partial charge in [0.1, 0.15) is 11.8 Å². The predicted molar refractivity (Wildman–Crippen MR) is 152 cm³/mol. The van der Waals surface area contributed by atoms with Crippen LogP contribution in [0, 0.1) is 11.3 Å². The summed E-state index contributed by atoms with van der Waals surface area (Å²) in [5, 5.41) is 32.1. The van der Waals surface area contributed by atoms with Gasteiger partial charge in [0.25, 0.3) is 0 Å². The number of amides is 2. The van der Waals surface area contributed by atoms with Crippen LogP contribution in [-0.4, -0.2) is 82.4 Å². The highest BCUT2D eigenvalue weighted by Gasteiger charge is 2.42.